The SMILES string of the molecule is CC(NS(=O)(=O)c1cc(Cl)ccc1Cl)c1ncn[nH]1. The maximum absolute atomic E-state index is 12.2. The predicted octanol–water partition coefficient (Wildman–Crippen LogP) is 2.15. The Labute approximate surface area is 120 Å². The first-order valence-corrected chi connectivity index (χ1v) is 7.46. The average molecular weight is 321 g/mol. The van der Waals surface area contributed by atoms with Gasteiger partial charge in [0.2, 0.25) is 10.0 Å². The number of sulfonamides is 1. The van der Waals surface area contributed by atoms with Crippen molar-refractivity contribution >= 4 is 33.2 Å². The van der Waals surface area contributed by atoms with Crippen LogP contribution in [-0.4, -0.2) is 23.6 Å². The van der Waals surface area contributed by atoms with Gasteiger partial charge in [0.25, 0.3) is 0 Å². The van der Waals surface area contributed by atoms with Crippen LogP contribution in [0, 0.1) is 0 Å². The van der Waals surface area contributed by atoms with E-state index in [9.17, 15) is 8.42 Å². The fourth-order valence-corrected chi connectivity index (χ4v) is 3.43. The zero-order valence-corrected chi connectivity index (χ0v) is 12.1. The molecule has 6 nitrogen and oxygen atoms in total. The highest BCUT2D eigenvalue weighted by Gasteiger charge is 2.22. The number of nitrogens with one attached hydrogen (secondary N) is 2. The molecule has 0 radical (unpaired) electrons. The smallest absolute Gasteiger partial charge is 0.242 e. The lowest BCUT2D eigenvalue weighted by Crippen LogP contribution is -2.27. The van der Waals surface area contributed by atoms with Gasteiger partial charge in [-0.3, -0.25) is 5.10 Å². The van der Waals surface area contributed by atoms with E-state index in [1.807, 2.05) is 0 Å². The molecule has 2 aromatic rings. The average Bonchev–Trinajstić information content (AvgIpc) is 2.85. The van der Waals surface area contributed by atoms with Gasteiger partial charge in [-0.2, -0.15) is 5.10 Å². The lowest BCUT2D eigenvalue weighted by atomic mass is 10.3. The van der Waals surface area contributed by atoms with E-state index >= 15 is 0 Å². The van der Waals surface area contributed by atoms with Crippen molar-refractivity contribution in [2.24, 2.45) is 0 Å². The summed E-state index contributed by atoms with van der Waals surface area (Å²) in [6.45, 7) is 1.64. The van der Waals surface area contributed by atoms with Crippen LogP contribution in [0.25, 0.3) is 0 Å². The Balaban J connectivity index is 2.30. The van der Waals surface area contributed by atoms with Crippen LogP contribution in [0.1, 0.15) is 18.8 Å². The molecule has 0 aliphatic heterocycles. The van der Waals surface area contributed by atoms with Gasteiger partial charge in [-0.1, -0.05) is 23.2 Å². The lowest BCUT2D eigenvalue weighted by Gasteiger charge is -2.12. The molecule has 2 N–H and O–H groups in total. The number of aromatic amines is 1. The number of hydrogen-bond acceptors (Lipinski definition) is 4. The highest BCUT2D eigenvalue weighted by Crippen LogP contribution is 2.25. The zero-order valence-electron chi connectivity index (χ0n) is 9.76. The van der Waals surface area contributed by atoms with E-state index in [-0.39, 0.29) is 14.9 Å². The van der Waals surface area contributed by atoms with Crippen molar-refractivity contribution in [3.8, 4) is 0 Å². The molecule has 1 atom stereocenters. The molecule has 0 saturated carbocycles. The zero-order chi connectivity index (χ0) is 14.0. The summed E-state index contributed by atoms with van der Waals surface area (Å²) in [4.78, 5) is 3.81. The third kappa shape index (κ3) is 3.24. The summed E-state index contributed by atoms with van der Waals surface area (Å²) in [5.41, 5.74) is 0. The molecule has 9 heteroatoms. The summed E-state index contributed by atoms with van der Waals surface area (Å²) in [5, 5.41) is 6.64. The first kappa shape index (κ1) is 14.3. The van der Waals surface area contributed by atoms with Crippen molar-refractivity contribution in [1.82, 2.24) is 19.9 Å². The van der Waals surface area contributed by atoms with Crippen molar-refractivity contribution in [2.45, 2.75) is 17.9 Å². The number of nitrogens with zero attached hydrogens (tertiary/aromatic N) is 2. The first-order valence-electron chi connectivity index (χ1n) is 5.23. The van der Waals surface area contributed by atoms with Crippen LogP contribution in [0.3, 0.4) is 0 Å². The number of benzene rings is 1. The fourth-order valence-electron chi connectivity index (χ4n) is 1.46. The summed E-state index contributed by atoms with van der Waals surface area (Å²) in [6, 6.07) is 3.67. The van der Waals surface area contributed by atoms with E-state index in [0.717, 1.165) is 0 Å². The number of aromatic nitrogens is 3. The number of halogens is 2. The third-order valence-corrected chi connectivity index (χ3v) is 4.62. The van der Waals surface area contributed by atoms with Gasteiger partial charge in [0, 0.05) is 5.02 Å². The summed E-state index contributed by atoms with van der Waals surface area (Å²) in [6.07, 6.45) is 1.30. The Bertz CT molecular complexity index is 673. The van der Waals surface area contributed by atoms with Crippen molar-refractivity contribution in [1.29, 1.82) is 0 Å². The number of rotatable bonds is 4. The molecule has 19 heavy (non-hydrogen) atoms. The standard InChI is InChI=1S/C10H10Cl2N4O2S/c1-6(10-13-5-14-15-10)16-19(17,18)9-4-7(11)2-3-8(9)12/h2-6,16H,1H3,(H,13,14,15). The van der Waals surface area contributed by atoms with Gasteiger partial charge in [-0.05, 0) is 25.1 Å². The molecule has 1 aromatic heterocycles. The van der Waals surface area contributed by atoms with Gasteiger partial charge >= 0.3 is 0 Å². The van der Waals surface area contributed by atoms with Gasteiger partial charge in [-0.15, -0.1) is 0 Å². The van der Waals surface area contributed by atoms with Crippen LogP contribution in [0.15, 0.2) is 29.4 Å². The van der Waals surface area contributed by atoms with Crippen LogP contribution in [0.2, 0.25) is 10.0 Å². The van der Waals surface area contributed by atoms with Crippen molar-refractivity contribution < 1.29 is 8.42 Å². The lowest BCUT2D eigenvalue weighted by molar-refractivity contribution is 0.560. The van der Waals surface area contributed by atoms with Crippen LogP contribution in [-0.2, 0) is 10.0 Å². The minimum atomic E-state index is -3.79. The monoisotopic (exact) mass is 320 g/mol. The van der Waals surface area contributed by atoms with Crippen molar-refractivity contribution in [3.05, 3.63) is 40.4 Å². The molecular formula is C10H10Cl2N4O2S. The van der Waals surface area contributed by atoms with Crippen molar-refractivity contribution in [3.63, 3.8) is 0 Å². The minimum absolute atomic E-state index is 0.0759. The largest absolute Gasteiger partial charge is 0.262 e. The molecule has 0 aliphatic carbocycles. The summed E-state index contributed by atoms with van der Waals surface area (Å²) >= 11 is 11.7. The van der Waals surface area contributed by atoms with Gasteiger partial charge in [-0.25, -0.2) is 18.1 Å². The Kier molecular flexibility index (Phi) is 4.10. The maximum atomic E-state index is 12.2. The Morgan fingerprint density at radius 1 is 1.37 bits per heavy atom. The van der Waals surface area contributed by atoms with E-state index in [1.54, 1.807) is 6.92 Å². The number of H-pyrrole nitrogens is 1. The molecule has 0 bridgehead atoms. The van der Waals surface area contributed by atoms with Crippen molar-refractivity contribution in [2.75, 3.05) is 0 Å². The van der Waals surface area contributed by atoms with E-state index in [0.29, 0.717) is 5.82 Å². The molecular weight excluding hydrogens is 311 g/mol. The van der Waals surface area contributed by atoms with Gasteiger partial charge < -0.3 is 0 Å². The molecule has 2 rings (SSSR count). The van der Waals surface area contributed by atoms with E-state index in [2.05, 4.69) is 19.9 Å². The second-order valence-electron chi connectivity index (χ2n) is 3.79. The van der Waals surface area contributed by atoms with Crippen LogP contribution < -0.4 is 4.72 Å². The van der Waals surface area contributed by atoms with Crippen LogP contribution in [0.4, 0.5) is 0 Å². The topological polar surface area (TPSA) is 87.7 Å². The highest BCUT2D eigenvalue weighted by molar-refractivity contribution is 7.89. The van der Waals surface area contributed by atoms with E-state index in [1.165, 1.54) is 24.5 Å². The Hall–Kier alpha value is -1.15. The molecule has 1 aromatic carbocycles. The maximum Gasteiger partial charge on any atom is 0.242 e. The van der Waals surface area contributed by atoms with Gasteiger partial charge in [0.1, 0.15) is 17.0 Å². The summed E-state index contributed by atoms with van der Waals surface area (Å²) < 4.78 is 26.8. The van der Waals surface area contributed by atoms with Gasteiger partial charge in [0.15, 0.2) is 0 Å². The highest BCUT2D eigenvalue weighted by atomic mass is 35.5. The second kappa shape index (κ2) is 5.46. The molecule has 0 amide bonds. The predicted molar refractivity (Wildman–Crippen MR) is 71.6 cm³/mol. The molecule has 1 unspecified atom stereocenters. The molecule has 102 valence electrons. The quantitative estimate of drug-likeness (QED) is 0.903. The Morgan fingerprint density at radius 2 is 2.11 bits per heavy atom. The molecule has 0 fully saturated rings. The molecule has 0 aliphatic rings. The minimum Gasteiger partial charge on any atom is -0.262 e. The summed E-state index contributed by atoms with van der Waals surface area (Å²) in [7, 11) is -3.79. The third-order valence-electron chi connectivity index (χ3n) is 2.36. The van der Waals surface area contributed by atoms with E-state index < -0.39 is 16.1 Å². The normalized spacial score (nSPS) is 13.4. The Morgan fingerprint density at radius 3 is 2.74 bits per heavy atom. The van der Waals surface area contributed by atoms with Crippen LogP contribution in [0.5, 0.6) is 0 Å². The van der Waals surface area contributed by atoms with Crippen LogP contribution >= 0.6 is 23.2 Å². The summed E-state index contributed by atoms with van der Waals surface area (Å²) in [5.74, 6) is 0.404. The second-order valence-corrected chi connectivity index (χ2v) is 6.31. The molecule has 0 saturated heterocycles. The number of hydrogen-bond donors (Lipinski definition) is 2. The van der Waals surface area contributed by atoms with Gasteiger partial charge in [0.05, 0.1) is 11.1 Å². The first-order chi connectivity index (χ1) is 8.90. The van der Waals surface area contributed by atoms with E-state index in [4.69, 9.17) is 23.2 Å². The fraction of sp³-hybridized carbons (Fsp3) is 0.200. The molecule has 1 heterocycles. The molecule has 0 spiro atoms.